The van der Waals surface area contributed by atoms with Crippen LogP contribution >= 0.6 is 23.2 Å². The van der Waals surface area contributed by atoms with Crippen molar-refractivity contribution in [3.8, 4) is 0 Å². The molecule has 0 aliphatic carbocycles. The van der Waals surface area contributed by atoms with Gasteiger partial charge in [0.1, 0.15) is 0 Å². The van der Waals surface area contributed by atoms with Crippen LogP contribution in [0, 0.1) is 0 Å². The van der Waals surface area contributed by atoms with Crippen LogP contribution in [0.3, 0.4) is 0 Å². The van der Waals surface area contributed by atoms with E-state index in [9.17, 15) is 8.42 Å². The zero-order chi connectivity index (χ0) is 17.9. The van der Waals surface area contributed by atoms with Crippen LogP contribution in [0.2, 0.25) is 10.0 Å². The van der Waals surface area contributed by atoms with E-state index < -0.39 is 10.0 Å². The summed E-state index contributed by atoms with van der Waals surface area (Å²) in [5.74, 6) is 0.323. The molecule has 0 amide bonds. The van der Waals surface area contributed by atoms with E-state index in [4.69, 9.17) is 27.9 Å². The van der Waals surface area contributed by atoms with Gasteiger partial charge in [-0.1, -0.05) is 35.3 Å². The Morgan fingerprint density at radius 3 is 2.28 bits per heavy atom. The van der Waals surface area contributed by atoms with Crippen LogP contribution in [0.25, 0.3) is 0 Å². The Bertz CT molecular complexity index is 877. The van der Waals surface area contributed by atoms with Gasteiger partial charge < -0.3 is 9.64 Å². The van der Waals surface area contributed by atoms with E-state index in [1.807, 2.05) is 4.90 Å². The molecule has 1 fully saturated rings. The third kappa shape index (κ3) is 4.33. The molecular weight excluding hydrogens is 383 g/mol. The summed E-state index contributed by atoms with van der Waals surface area (Å²) in [6.45, 7) is 2.09. The maximum atomic E-state index is 12.7. The average molecular weight is 399 g/mol. The first-order valence-corrected chi connectivity index (χ1v) is 9.85. The van der Waals surface area contributed by atoms with Crippen molar-refractivity contribution >= 4 is 39.1 Å². The van der Waals surface area contributed by atoms with Crippen molar-refractivity contribution in [3.05, 3.63) is 64.1 Å². The van der Waals surface area contributed by atoms with E-state index in [1.54, 1.807) is 24.3 Å². The molecule has 0 aromatic heterocycles. The van der Waals surface area contributed by atoms with Crippen LogP contribution in [0.15, 0.2) is 57.8 Å². The number of nitrogens with zero attached hydrogens (tertiary/aromatic N) is 2. The molecule has 0 spiro atoms. The molecule has 25 heavy (non-hydrogen) atoms. The van der Waals surface area contributed by atoms with E-state index in [1.165, 1.54) is 24.3 Å². The summed E-state index contributed by atoms with van der Waals surface area (Å²) in [7, 11) is -3.90. The van der Waals surface area contributed by atoms with Crippen molar-refractivity contribution < 1.29 is 13.2 Å². The summed E-state index contributed by atoms with van der Waals surface area (Å²) in [5.41, 5.74) is 0.573. The average Bonchev–Trinajstić information content (AvgIpc) is 2.61. The molecule has 8 heteroatoms. The third-order valence-electron chi connectivity index (χ3n) is 3.74. The van der Waals surface area contributed by atoms with Crippen LogP contribution < -0.4 is 0 Å². The lowest BCUT2D eigenvalue weighted by Gasteiger charge is -2.30. The van der Waals surface area contributed by atoms with E-state index in [0.29, 0.717) is 47.7 Å². The van der Waals surface area contributed by atoms with E-state index in [0.717, 1.165) is 0 Å². The van der Waals surface area contributed by atoms with Crippen LogP contribution in [-0.4, -0.2) is 45.5 Å². The molecule has 1 saturated heterocycles. The molecule has 0 bridgehead atoms. The fourth-order valence-corrected chi connectivity index (χ4v) is 3.84. The highest BCUT2D eigenvalue weighted by Crippen LogP contribution is 2.22. The van der Waals surface area contributed by atoms with Gasteiger partial charge in [0.25, 0.3) is 10.0 Å². The maximum Gasteiger partial charge on any atom is 0.284 e. The first-order valence-electron chi connectivity index (χ1n) is 7.65. The second kappa shape index (κ2) is 7.74. The number of morpholine rings is 1. The van der Waals surface area contributed by atoms with Crippen molar-refractivity contribution in [2.24, 2.45) is 4.40 Å². The van der Waals surface area contributed by atoms with Crippen molar-refractivity contribution in [2.75, 3.05) is 26.3 Å². The molecule has 0 atom stereocenters. The van der Waals surface area contributed by atoms with Gasteiger partial charge in [-0.05, 0) is 36.4 Å². The predicted molar refractivity (Wildman–Crippen MR) is 99.0 cm³/mol. The smallest absolute Gasteiger partial charge is 0.284 e. The summed E-state index contributed by atoms with van der Waals surface area (Å²) in [4.78, 5) is 1.95. The quantitative estimate of drug-likeness (QED) is 0.586. The summed E-state index contributed by atoms with van der Waals surface area (Å²) >= 11 is 12.1. The first kappa shape index (κ1) is 18.2. The SMILES string of the molecule is O=S(=O)(/N=C(/c1ccccc1Cl)N1CCOCC1)c1ccc(Cl)cc1. The molecule has 1 aliphatic rings. The van der Waals surface area contributed by atoms with Crippen molar-refractivity contribution in [1.29, 1.82) is 0 Å². The summed E-state index contributed by atoms with van der Waals surface area (Å²) in [6.07, 6.45) is 0. The Morgan fingerprint density at radius 2 is 1.64 bits per heavy atom. The summed E-state index contributed by atoms with van der Waals surface area (Å²) in [6, 6.07) is 13.0. The van der Waals surface area contributed by atoms with Crippen LogP contribution in [0.4, 0.5) is 0 Å². The van der Waals surface area contributed by atoms with Gasteiger partial charge in [0.2, 0.25) is 0 Å². The molecule has 0 N–H and O–H groups in total. The minimum absolute atomic E-state index is 0.0784. The largest absolute Gasteiger partial charge is 0.378 e. The first-order chi connectivity index (χ1) is 12.0. The highest BCUT2D eigenvalue weighted by atomic mass is 35.5. The minimum atomic E-state index is -3.90. The molecule has 3 rings (SSSR count). The van der Waals surface area contributed by atoms with E-state index >= 15 is 0 Å². The molecule has 0 radical (unpaired) electrons. The zero-order valence-electron chi connectivity index (χ0n) is 13.2. The molecule has 2 aromatic carbocycles. The summed E-state index contributed by atoms with van der Waals surface area (Å²) in [5, 5.41) is 0.904. The minimum Gasteiger partial charge on any atom is -0.378 e. The Kier molecular flexibility index (Phi) is 5.64. The Labute approximate surface area is 156 Å². The molecule has 1 aliphatic heterocycles. The second-order valence-electron chi connectivity index (χ2n) is 5.42. The lowest BCUT2D eigenvalue weighted by Crippen LogP contribution is -2.41. The number of hydrogen-bond donors (Lipinski definition) is 0. The number of ether oxygens (including phenoxy) is 1. The fraction of sp³-hybridized carbons (Fsp3) is 0.235. The van der Waals surface area contributed by atoms with Gasteiger partial charge in [-0.2, -0.15) is 8.42 Å². The van der Waals surface area contributed by atoms with Gasteiger partial charge in [-0.15, -0.1) is 4.40 Å². The Morgan fingerprint density at radius 1 is 1.00 bits per heavy atom. The molecule has 1 heterocycles. The molecule has 2 aromatic rings. The number of sulfonamides is 1. The molecule has 132 valence electrons. The standard InChI is InChI=1S/C17H16Cl2N2O3S/c18-13-5-7-14(8-6-13)25(22,23)20-17(21-9-11-24-12-10-21)15-3-1-2-4-16(15)19/h1-8H,9-12H2/b20-17-. The van der Waals surface area contributed by atoms with Crippen LogP contribution in [0.5, 0.6) is 0 Å². The van der Waals surface area contributed by atoms with Gasteiger partial charge in [0, 0.05) is 23.7 Å². The fourth-order valence-electron chi connectivity index (χ4n) is 2.47. The summed E-state index contributed by atoms with van der Waals surface area (Å²) < 4.78 is 34.9. The number of hydrogen-bond acceptors (Lipinski definition) is 3. The monoisotopic (exact) mass is 398 g/mol. The topological polar surface area (TPSA) is 59.0 Å². The van der Waals surface area contributed by atoms with Gasteiger partial charge in [-0.25, -0.2) is 0 Å². The Balaban J connectivity index is 2.08. The number of rotatable bonds is 3. The lowest BCUT2D eigenvalue weighted by molar-refractivity contribution is 0.0684. The van der Waals surface area contributed by atoms with Gasteiger partial charge >= 0.3 is 0 Å². The lowest BCUT2D eigenvalue weighted by atomic mass is 10.2. The van der Waals surface area contributed by atoms with Gasteiger partial charge in [0.15, 0.2) is 5.84 Å². The van der Waals surface area contributed by atoms with Gasteiger partial charge in [0.05, 0.1) is 23.1 Å². The zero-order valence-corrected chi connectivity index (χ0v) is 15.6. The van der Waals surface area contributed by atoms with Crippen LogP contribution in [-0.2, 0) is 14.8 Å². The van der Waals surface area contributed by atoms with E-state index in [-0.39, 0.29) is 4.90 Å². The van der Waals surface area contributed by atoms with Crippen LogP contribution in [0.1, 0.15) is 5.56 Å². The third-order valence-corrected chi connectivity index (χ3v) is 5.61. The van der Waals surface area contributed by atoms with E-state index in [2.05, 4.69) is 4.40 Å². The predicted octanol–water partition coefficient (Wildman–Crippen LogP) is 3.46. The van der Waals surface area contributed by atoms with Crippen molar-refractivity contribution in [2.45, 2.75) is 4.90 Å². The maximum absolute atomic E-state index is 12.7. The number of halogens is 2. The van der Waals surface area contributed by atoms with Crippen molar-refractivity contribution in [3.63, 3.8) is 0 Å². The highest BCUT2D eigenvalue weighted by Gasteiger charge is 2.23. The normalized spacial score (nSPS) is 16.1. The molecule has 5 nitrogen and oxygen atoms in total. The molecule has 0 unspecified atom stereocenters. The molecule has 0 saturated carbocycles. The van der Waals surface area contributed by atoms with Gasteiger partial charge in [-0.3, -0.25) is 0 Å². The number of amidine groups is 1. The molecular formula is C17H16Cl2N2O3S. The second-order valence-corrected chi connectivity index (χ2v) is 7.87. The highest BCUT2D eigenvalue weighted by molar-refractivity contribution is 7.90. The Hall–Kier alpha value is -1.60. The number of benzene rings is 2. The van der Waals surface area contributed by atoms with Crippen molar-refractivity contribution in [1.82, 2.24) is 4.90 Å².